The molecular weight excluding hydrogens is 574 g/mol. The number of nitriles is 2. The predicted molar refractivity (Wildman–Crippen MR) is 166 cm³/mol. The molecule has 0 amide bonds. The molecule has 2 N–H and O–H groups in total. The van der Waals surface area contributed by atoms with Gasteiger partial charge in [0, 0.05) is 35.6 Å². The summed E-state index contributed by atoms with van der Waals surface area (Å²) in [5.41, 5.74) is -0.131. The molecule has 0 aliphatic heterocycles. The third-order valence-electron chi connectivity index (χ3n) is 7.31. The van der Waals surface area contributed by atoms with Crippen LogP contribution in [-0.2, 0) is 22.6 Å². The molecule has 2 aromatic heterocycles. The molecule has 228 valence electrons. The van der Waals surface area contributed by atoms with Gasteiger partial charge in [-0.25, -0.2) is 9.59 Å². The predicted octanol–water partition coefficient (Wildman–Crippen LogP) is 4.52. The van der Waals surface area contributed by atoms with Crippen LogP contribution in [0.2, 0.25) is 0 Å². The third kappa shape index (κ3) is 6.74. The highest BCUT2D eigenvalue weighted by Gasteiger charge is 2.29. The molecule has 11 nitrogen and oxygen atoms in total. The smallest absolute Gasteiger partial charge is 0.340 e. The van der Waals surface area contributed by atoms with Gasteiger partial charge in [-0.05, 0) is 24.1 Å². The van der Waals surface area contributed by atoms with Gasteiger partial charge in [0.1, 0.15) is 23.3 Å². The fourth-order valence-electron chi connectivity index (χ4n) is 5.24. The Morgan fingerprint density at radius 2 is 1.13 bits per heavy atom. The van der Waals surface area contributed by atoms with Crippen LogP contribution in [0.25, 0.3) is 22.3 Å². The Morgan fingerprint density at radius 1 is 0.733 bits per heavy atom. The summed E-state index contributed by atoms with van der Waals surface area (Å²) in [6.45, 7) is 2.39. The van der Waals surface area contributed by atoms with Crippen molar-refractivity contribution in [1.82, 2.24) is 14.9 Å². The first-order valence-corrected chi connectivity index (χ1v) is 14.2. The van der Waals surface area contributed by atoms with Gasteiger partial charge in [-0.1, -0.05) is 74.0 Å². The van der Waals surface area contributed by atoms with E-state index in [1.165, 1.54) is 14.2 Å². The van der Waals surface area contributed by atoms with Gasteiger partial charge in [0.2, 0.25) is 0 Å². The van der Waals surface area contributed by atoms with Crippen LogP contribution in [0.5, 0.6) is 0 Å². The average molecular weight is 606 g/mol. The maximum absolute atomic E-state index is 13.2. The van der Waals surface area contributed by atoms with Gasteiger partial charge in [0.05, 0.1) is 25.3 Å². The Labute approximate surface area is 259 Å². The fraction of sp³-hybridized carbons (Fsp3) is 0.235. The number of rotatable bonds is 11. The molecule has 0 radical (unpaired) electrons. The number of nitrogens with one attached hydrogen (secondary N) is 2. The minimum atomic E-state index is -0.750. The zero-order valence-electron chi connectivity index (χ0n) is 25.1. The number of carbonyl (C=O) groups excluding carboxylic acids is 2. The molecule has 0 bridgehead atoms. The second-order valence-corrected chi connectivity index (χ2v) is 10.1. The van der Waals surface area contributed by atoms with Crippen molar-refractivity contribution in [2.24, 2.45) is 0 Å². The average Bonchev–Trinajstić information content (AvgIpc) is 3.06. The lowest BCUT2D eigenvalue weighted by Gasteiger charge is -2.25. The fourth-order valence-corrected chi connectivity index (χ4v) is 5.24. The molecule has 2 heterocycles. The van der Waals surface area contributed by atoms with Crippen molar-refractivity contribution in [3.05, 3.63) is 115 Å². The lowest BCUT2D eigenvalue weighted by atomic mass is 9.93. The molecule has 2 aromatic carbocycles. The number of hydrogen-bond acceptors (Lipinski definition) is 9. The van der Waals surface area contributed by atoms with Crippen LogP contribution < -0.4 is 11.1 Å². The number of aromatic nitrogens is 2. The summed E-state index contributed by atoms with van der Waals surface area (Å²) in [4.78, 5) is 60.1. The normalized spacial score (nSPS) is 10.6. The lowest BCUT2D eigenvalue weighted by molar-refractivity contribution is 0.0591. The number of esters is 2. The molecule has 11 heteroatoms. The van der Waals surface area contributed by atoms with Crippen LogP contribution in [0, 0.1) is 22.7 Å². The first kappa shape index (κ1) is 32.1. The molecular formula is C34H31N5O6. The Hall–Kier alpha value is -5.78. The van der Waals surface area contributed by atoms with E-state index in [0.29, 0.717) is 24.1 Å². The number of ether oxygens (including phenoxy) is 2. The number of benzene rings is 2. The first-order chi connectivity index (χ1) is 21.8. The summed E-state index contributed by atoms with van der Waals surface area (Å²) < 4.78 is 10.2. The highest BCUT2D eigenvalue weighted by atomic mass is 16.5. The minimum absolute atomic E-state index is 0.0193. The van der Waals surface area contributed by atoms with E-state index in [4.69, 9.17) is 9.47 Å². The largest absolute Gasteiger partial charge is 0.465 e. The minimum Gasteiger partial charge on any atom is -0.465 e. The van der Waals surface area contributed by atoms with Gasteiger partial charge in [0.25, 0.3) is 11.1 Å². The van der Waals surface area contributed by atoms with Crippen LogP contribution in [0.4, 0.5) is 0 Å². The molecule has 0 unspecified atom stereocenters. The Morgan fingerprint density at radius 3 is 1.47 bits per heavy atom. The second-order valence-electron chi connectivity index (χ2n) is 10.1. The van der Waals surface area contributed by atoms with Crippen molar-refractivity contribution in [3.8, 4) is 34.4 Å². The van der Waals surface area contributed by atoms with E-state index in [9.17, 15) is 29.7 Å². The van der Waals surface area contributed by atoms with Gasteiger partial charge in [0.15, 0.2) is 0 Å². The summed E-state index contributed by atoms with van der Waals surface area (Å²) in [7, 11) is 2.42. The summed E-state index contributed by atoms with van der Waals surface area (Å²) in [5.74, 6) is -1.50. The molecule has 0 saturated carbocycles. The van der Waals surface area contributed by atoms with Crippen LogP contribution in [0.3, 0.4) is 0 Å². The number of methoxy groups -OCH3 is 2. The molecule has 0 saturated heterocycles. The maximum Gasteiger partial charge on any atom is 0.340 e. The second kappa shape index (κ2) is 14.6. The Kier molecular flexibility index (Phi) is 10.4. The molecule has 0 aliphatic rings. The van der Waals surface area contributed by atoms with Crippen LogP contribution in [-0.4, -0.2) is 47.6 Å². The molecule has 0 aliphatic carbocycles. The number of aromatic amines is 2. The zero-order chi connectivity index (χ0) is 32.5. The van der Waals surface area contributed by atoms with Crippen molar-refractivity contribution in [2.45, 2.75) is 32.9 Å². The maximum atomic E-state index is 13.2. The first-order valence-electron chi connectivity index (χ1n) is 14.2. The van der Waals surface area contributed by atoms with Crippen molar-refractivity contribution >= 4 is 11.9 Å². The Balaban J connectivity index is 1.94. The lowest BCUT2D eigenvalue weighted by Crippen LogP contribution is -2.31. The van der Waals surface area contributed by atoms with E-state index in [1.807, 2.05) is 24.0 Å². The summed E-state index contributed by atoms with van der Waals surface area (Å²) >= 11 is 0. The molecule has 0 spiro atoms. The van der Waals surface area contributed by atoms with Crippen molar-refractivity contribution in [2.75, 3.05) is 20.8 Å². The van der Waals surface area contributed by atoms with E-state index in [-0.39, 0.29) is 57.9 Å². The summed E-state index contributed by atoms with van der Waals surface area (Å²) in [6.07, 6.45) is 1.49. The monoisotopic (exact) mass is 605 g/mol. The van der Waals surface area contributed by atoms with E-state index in [2.05, 4.69) is 9.97 Å². The molecule has 0 fully saturated rings. The topological polar surface area (TPSA) is 169 Å². The Bertz CT molecular complexity index is 1780. The van der Waals surface area contributed by atoms with Crippen LogP contribution >= 0.6 is 0 Å². The van der Waals surface area contributed by atoms with Crippen LogP contribution in [0.15, 0.2) is 70.3 Å². The van der Waals surface area contributed by atoms with E-state index in [1.54, 1.807) is 60.7 Å². The van der Waals surface area contributed by atoms with Gasteiger partial charge < -0.3 is 19.4 Å². The molecule has 0 atom stereocenters. The summed E-state index contributed by atoms with van der Waals surface area (Å²) in [5, 5.41) is 19.8. The standard InChI is InChI=1S/C34H31N5O6/c1-4-5-16-39(19-25-29(33(42)44-2)27(21-12-8-6-9-13-21)23(17-35)31(40)37-25)20-26-30(34(43)45-3)28(22-14-10-7-11-15-22)24(18-36)32(41)38-26/h6-15H,4-5,16,19-20H2,1-3H3,(H,37,40)(H,38,41). The van der Waals surface area contributed by atoms with Gasteiger partial charge in [-0.2, -0.15) is 10.5 Å². The van der Waals surface area contributed by atoms with Crippen LogP contribution in [0.1, 0.15) is 63.0 Å². The number of carbonyl (C=O) groups is 2. The highest BCUT2D eigenvalue weighted by molar-refractivity contribution is 6.00. The van der Waals surface area contributed by atoms with Crippen molar-refractivity contribution in [3.63, 3.8) is 0 Å². The molecule has 45 heavy (non-hydrogen) atoms. The van der Waals surface area contributed by atoms with Gasteiger partial charge >= 0.3 is 11.9 Å². The number of pyridine rings is 2. The summed E-state index contributed by atoms with van der Waals surface area (Å²) in [6, 6.07) is 21.1. The van der Waals surface area contributed by atoms with E-state index in [0.717, 1.165) is 6.42 Å². The van der Waals surface area contributed by atoms with Crippen molar-refractivity contribution in [1.29, 1.82) is 10.5 Å². The number of hydrogen-bond donors (Lipinski definition) is 2. The number of nitrogens with zero attached hydrogens (tertiary/aromatic N) is 3. The SMILES string of the molecule is CCCCN(Cc1[nH]c(=O)c(C#N)c(-c2ccccc2)c1C(=O)OC)Cc1[nH]c(=O)c(C#N)c(-c2ccccc2)c1C(=O)OC. The molecule has 4 aromatic rings. The van der Waals surface area contributed by atoms with E-state index >= 15 is 0 Å². The number of unbranched alkanes of at least 4 members (excludes halogenated alkanes) is 1. The van der Waals surface area contributed by atoms with Gasteiger partial charge in [-0.15, -0.1) is 0 Å². The van der Waals surface area contributed by atoms with Crippen molar-refractivity contribution < 1.29 is 19.1 Å². The molecule has 4 rings (SSSR count). The highest BCUT2D eigenvalue weighted by Crippen LogP contribution is 2.31. The zero-order valence-corrected chi connectivity index (χ0v) is 25.1. The van der Waals surface area contributed by atoms with E-state index < -0.39 is 23.1 Å². The van der Waals surface area contributed by atoms with Gasteiger partial charge in [-0.3, -0.25) is 14.5 Å². The number of H-pyrrole nitrogens is 2. The third-order valence-corrected chi connectivity index (χ3v) is 7.31. The quantitative estimate of drug-likeness (QED) is 0.234.